The predicted octanol–water partition coefficient (Wildman–Crippen LogP) is 2.46. The maximum atomic E-state index is 5.35. The minimum Gasteiger partial charge on any atom is -0.379 e. The van der Waals surface area contributed by atoms with Gasteiger partial charge < -0.3 is 10.1 Å². The second-order valence-electron chi connectivity index (χ2n) is 5.20. The largest absolute Gasteiger partial charge is 0.379 e. The SMILES string of the molecule is Cc1ccc(Nc2nnc(CCN3CCOCC3)s2)cc1. The van der Waals surface area contributed by atoms with E-state index >= 15 is 0 Å². The minimum absolute atomic E-state index is 0.844. The van der Waals surface area contributed by atoms with Crippen LogP contribution in [0.25, 0.3) is 0 Å². The third kappa shape index (κ3) is 4.23. The second-order valence-corrected chi connectivity index (χ2v) is 6.26. The van der Waals surface area contributed by atoms with Crippen molar-refractivity contribution in [3.05, 3.63) is 34.8 Å². The van der Waals surface area contributed by atoms with E-state index in [9.17, 15) is 0 Å². The Balaban J connectivity index is 1.52. The van der Waals surface area contributed by atoms with Crippen LogP contribution in [0.15, 0.2) is 24.3 Å². The van der Waals surface area contributed by atoms with Gasteiger partial charge in [0.05, 0.1) is 13.2 Å². The van der Waals surface area contributed by atoms with Gasteiger partial charge in [0.15, 0.2) is 0 Å². The number of hydrogen-bond donors (Lipinski definition) is 1. The highest BCUT2D eigenvalue weighted by molar-refractivity contribution is 7.15. The van der Waals surface area contributed by atoms with Crippen molar-refractivity contribution in [1.82, 2.24) is 15.1 Å². The second kappa shape index (κ2) is 6.98. The van der Waals surface area contributed by atoms with E-state index in [4.69, 9.17) is 4.74 Å². The number of benzene rings is 1. The predicted molar refractivity (Wildman–Crippen MR) is 85.3 cm³/mol. The Labute approximate surface area is 129 Å². The van der Waals surface area contributed by atoms with Gasteiger partial charge in [-0.1, -0.05) is 29.0 Å². The molecule has 1 aromatic heterocycles. The van der Waals surface area contributed by atoms with Crippen molar-refractivity contribution >= 4 is 22.2 Å². The summed E-state index contributed by atoms with van der Waals surface area (Å²) in [6.45, 7) is 6.84. The Morgan fingerprint density at radius 2 is 1.95 bits per heavy atom. The fraction of sp³-hybridized carbons (Fsp3) is 0.467. The van der Waals surface area contributed by atoms with Crippen LogP contribution in [0.2, 0.25) is 0 Å². The number of nitrogens with one attached hydrogen (secondary N) is 1. The summed E-state index contributed by atoms with van der Waals surface area (Å²) in [5.41, 5.74) is 2.31. The van der Waals surface area contributed by atoms with Gasteiger partial charge in [0, 0.05) is 31.7 Å². The first-order chi connectivity index (χ1) is 10.3. The molecule has 0 bridgehead atoms. The van der Waals surface area contributed by atoms with Gasteiger partial charge in [-0.25, -0.2) is 0 Å². The summed E-state index contributed by atoms with van der Waals surface area (Å²) in [6, 6.07) is 8.29. The number of ether oxygens (including phenoxy) is 1. The molecule has 0 saturated carbocycles. The number of aromatic nitrogens is 2. The van der Waals surface area contributed by atoms with Crippen molar-refractivity contribution in [2.45, 2.75) is 13.3 Å². The summed E-state index contributed by atoms with van der Waals surface area (Å²) >= 11 is 1.63. The molecule has 5 nitrogen and oxygen atoms in total. The fourth-order valence-electron chi connectivity index (χ4n) is 2.24. The molecular formula is C15H20N4OS. The maximum Gasteiger partial charge on any atom is 0.210 e. The topological polar surface area (TPSA) is 50.3 Å². The smallest absolute Gasteiger partial charge is 0.210 e. The average molecular weight is 304 g/mol. The summed E-state index contributed by atoms with van der Waals surface area (Å²) in [7, 11) is 0. The van der Waals surface area contributed by atoms with Gasteiger partial charge in [-0.3, -0.25) is 4.90 Å². The number of rotatable bonds is 5. The van der Waals surface area contributed by atoms with Crippen LogP contribution in [0.5, 0.6) is 0 Å². The molecule has 1 N–H and O–H groups in total. The van der Waals surface area contributed by atoms with E-state index in [1.165, 1.54) is 5.56 Å². The van der Waals surface area contributed by atoms with Gasteiger partial charge in [0.2, 0.25) is 5.13 Å². The lowest BCUT2D eigenvalue weighted by Crippen LogP contribution is -2.37. The fourth-order valence-corrected chi connectivity index (χ4v) is 2.99. The van der Waals surface area contributed by atoms with Crippen LogP contribution >= 0.6 is 11.3 Å². The van der Waals surface area contributed by atoms with E-state index in [0.717, 1.165) is 55.1 Å². The highest BCUT2D eigenvalue weighted by Gasteiger charge is 2.11. The molecule has 1 saturated heterocycles. The number of anilines is 2. The molecule has 0 radical (unpaired) electrons. The zero-order chi connectivity index (χ0) is 14.5. The molecule has 0 spiro atoms. The number of nitrogens with zero attached hydrogens (tertiary/aromatic N) is 3. The van der Waals surface area contributed by atoms with Gasteiger partial charge in [0.1, 0.15) is 5.01 Å². The third-order valence-corrected chi connectivity index (χ3v) is 4.41. The molecule has 1 aromatic carbocycles. The highest BCUT2D eigenvalue weighted by Crippen LogP contribution is 2.21. The Hall–Kier alpha value is -1.50. The standard InChI is InChI=1S/C15H20N4OS/c1-12-2-4-13(5-3-12)16-15-18-17-14(21-15)6-7-19-8-10-20-11-9-19/h2-5H,6-11H2,1H3,(H,16,18). The molecule has 6 heteroatoms. The Kier molecular flexibility index (Phi) is 4.80. The quantitative estimate of drug-likeness (QED) is 0.919. The highest BCUT2D eigenvalue weighted by atomic mass is 32.1. The molecule has 3 rings (SSSR count). The van der Waals surface area contributed by atoms with Crippen LogP contribution in [0.1, 0.15) is 10.6 Å². The van der Waals surface area contributed by atoms with E-state index in [2.05, 4.69) is 51.6 Å². The third-order valence-electron chi connectivity index (χ3n) is 3.52. The Bertz CT molecular complexity index is 563. The molecule has 0 unspecified atom stereocenters. The van der Waals surface area contributed by atoms with E-state index in [-0.39, 0.29) is 0 Å². The molecular weight excluding hydrogens is 284 g/mol. The summed E-state index contributed by atoms with van der Waals surface area (Å²) in [6.07, 6.45) is 0.952. The number of hydrogen-bond acceptors (Lipinski definition) is 6. The van der Waals surface area contributed by atoms with Crippen molar-refractivity contribution in [2.24, 2.45) is 0 Å². The Morgan fingerprint density at radius 3 is 2.71 bits per heavy atom. The van der Waals surface area contributed by atoms with Gasteiger partial charge in [-0.2, -0.15) is 0 Å². The molecule has 21 heavy (non-hydrogen) atoms. The first-order valence-corrected chi connectivity index (χ1v) is 8.07. The van der Waals surface area contributed by atoms with Crippen LogP contribution in [0.3, 0.4) is 0 Å². The summed E-state index contributed by atoms with van der Waals surface area (Å²) in [5, 5.41) is 13.7. The van der Waals surface area contributed by atoms with Crippen molar-refractivity contribution in [3.8, 4) is 0 Å². The lowest BCUT2D eigenvalue weighted by molar-refractivity contribution is 0.0384. The molecule has 0 amide bonds. The molecule has 0 aliphatic carbocycles. The van der Waals surface area contributed by atoms with Gasteiger partial charge in [0.25, 0.3) is 0 Å². The average Bonchev–Trinajstić information content (AvgIpc) is 2.96. The summed E-state index contributed by atoms with van der Waals surface area (Å²) in [4.78, 5) is 2.41. The van der Waals surface area contributed by atoms with Crippen LogP contribution in [0, 0.1) is 6.92 Å². The molecule has 1 fully saturated rings. The Morgan fingerprint density at radius 1 is 1.19 bits per heavy atom. The van der Waals surface area contributed by atoms with Crippen molar-refractivity contribution in [3.63, 3.8) is 0 Å². The first kappa shape index (κ1) is 14.4. The van der Waals surface area contributed by atoms with E-state index in [1.807, 2.05) is 0 Å². The van der Waals surface area contributed by atoms with Gasteiger partial charge in [-0.05, 0) is 19.1 Å². The maximum absolute atomic E-state index is 5.35. The monoisotopic (exact) mass is 304 g/mol. The van der Waals surface area contributed by atoms with Gasteiger partial charge >= 0.3 is 0 Å². The summed E-state index contributed by atoms with van der Waals surface area (Å²) < 4.78 is 5.35. The number of aryl methyl sites for hydroxylation is 1. The minimum atomic E-state index is 0.844. The van der Waals surface area contributed by atoms with Crippen LogP contribution in [0.4, 0.5) is 10.8 Å². The van der Waals surface area contributed by atoms with E-state index in [1.54, 1.807) is 11.3 Å². The normalized spacial score (nSPS) is 16.0. The zero-order valence-corrected chi connectivity index (χ0v) is 13.0. The molecule has 0 atom stereocenters. The number of morpholine rings is 1. The molecule has 2 aromatic rings. The van der Waals surface area contributed by atoms with Crippen molar-refractivity contribution in [2.75, 3.05) is 38.2 Å². The van der Waals surface area contributed by atoms with E-state index in [0.29, 0.717) is 0 Å². The summed E-state index contributed by atoms with van der Waals surface area (Å²) in [5.74, 6) is 0. The lowest BCUT2D eigenvalue weighted by atomic mass is 10.2. The first-order valence-electron chi connectivity index (χ1n) is 7.26. The van der Waals surface area contributed by atoms with E-state index < -0.39 is 0 Å². The molecule has 1 aliphatic heterocycles. The van der Waals surface area contributed by atoms with Crippen molar-refractivity contribution in [1.29, 1.82) is 0 Å². The van der Waals surface area contributed by atoms with Crippen LogP contribution in [-0.2, 0) is 11.2 Å². The van der Waals surface area contributed by atoms with Crippen molar-refractivity contribution < 1.29 is 4.74 Å². The molecule has 112 valence electrons. The zero-order valence-electron chi connectivity index (χ0n) is 12.2. The lowest BCUT2D eigenvalue weighted by Gasteiger charge is -2.25. The molecule has 2 heterocycles. The van der Waals surface area contributed by atoms with Gasteiger partial charge in [-0.15, -0.1) is 10.2 Å². The molecule has 1 aliphatic rings. The van der Waals surface area contributed by atoms with Crippen LogP contribution < -0.4 is 5.32 Å². The van der Waals surface area contributed by atoms with Crippen LogP contribution in [-0.4, -0.2) is 47.9 Å².